The van der Waals surface area contributed by atoms with E-state index in [-0.39, 0.29) is 24.4 Å². The van der Waals surface area contributed by atoms with Gasteiger partial charge in [0.2, 0.25) is 5.91 Å². The third kappa shape index (κ3) is 3.72. The highest BCUT2D eigenvalue weighted by atomic mass is 16.2. The number of carbonyl (C=O) groups is 2. The van der Waals surface area contributed by atoms with E-state index in [0.717, 1.165) is 0 Å². The van der Waals surface area contributed by atoms with Gasteiger partial charge in [0.05, 0.1) is 17.1 Å². The first-order valence-electron chi connectivity index (χ1n) is 7.62. The molecule has 1 aromatic heterocycles. The maximum atomic E-state index is 12.4. The molecule has 0 spiro atoms. The fourth-order valence-electron chi connectivity index (χ4n) is 2.45. The number of aromatic nitrogens is 2. The molecule has 2 radical (unpaired) electrons. The summed E-state index contributed by atoms with van der Waals surface area (Å²) in [6, 6.07) is 4.48. The van der Waals surface area contributed by atoms with E-state index in [4.69, 9.17) is 7.85 Å². The number of nitrogens with one attached hydrogen (secondary N) is 1. The zero-order valence-electron chi connectivity index (χ0n) is 14.0. The molecule has 1 N–H and O–H groups in total. The van der Waals surface area contributed by atoms with Crippen LogP contribution < -0.4 is 16.5 Å². The SMILES string of the molecule is CC.[B]c1cccc2c1n(C)c(=O)n2C(C=O)CCC(=O)NC. The van der Waals surface area contributed by atoms with Gasteiger partial charge in [0.1, 0.15) is 14.1 Å². The molecule has 0 aliphatic heterocycles. The molecule has 2 rings (SSSR count). The quantitative estimate of drug-likeness (QED) is 0.642. The number of amides is 1. The van der Waals surface area contributed by atoms with Crippen LogP contribution in [0, 0.1) is 0 Å². The van der Waals surface area contributed by atoms with Crippen LogP contribution >= 0.6 is 0 Å². The van der Waals surface area contributed by atoms with Gasteiger partial charge in [0.15, 0.2) is 0 Å². The number of aryl methyl sites for hydroxylation is 1. The number of fused-ring (bicyclic) bond motifs is 1. The van der Waals surface area contributed by atoms with Gasteiger partial charge in [0, 0.05) is 20.5 Å². The van der Waals surface area contributed by atoms with Crippen molar-refractivity contribution in [3.8, 4) is 0 Å². The largest absolute Gasteiger partial charge is 0.359 e. The lowest BCUT2D eigenvalue weighted by molar-refractivity contribution is -0.121. The Morgan fingerprint density at radius 2 is 2.04 bits per heavy atom. The Morgan fingerprint density at radius 3 is 2.61 bits per heavy atom. The third-order valence-corrected chi connectivity index (χ3v) is 3.57. The van der Waals surface area contributed by atoms with Crippen molar-refractivity contribution in [2.24, 2.45) is 7.05 Å². The van der Waals surface area contributed by atoms with Crippen molar-refractivity contribution in [2.75, 3.05) is 7.05 Å². The molecule has 0 bridgehead atoms. The minimum Gasteiger partial charge on any atom is -0.359 e. The van der Waals surface area contributed by atoms with Gasteiger partial charge in [-0.1, -0.05) is 31.4 Å². The number of para-hydroxylation sites is 1. The molecule has 1 atom stereocenters. The van der Waals surface area contributed by atoms with Gasteiger partial charge in [-0.2, -0.15) is 0 Å². The van der Waals surface area contributed by atoms with Crippen molar-refractivity contribution in [3.05, 3.63) is 28.7 Å². The second kappa shape index (κ2) is 8.36. The molecule has 1 amide bonds. The lowest BCUT2D eigenvalue weighted by Crippen LogP contribution is -2.28. The second-order valence-electron chi connectivity index (χ2n) is 4.84. The molecular formula is C16H22BN3O3. The van der Waals surface area contributed by atoms with Crippen molar-refractivity contribution < 1.29 is 9.59 Å². The van der Waals surface area contributed by atoms with E-state index in [2.05, 4.69) is 5.32 Å². The van der Waals surface area contributed by atoms with Gasteiger partial charge in [-0.25, -0.2) is 4.79 Å². The van der Waals surface area contributed by atoms with Gasteiger partial charge in [-0.15, -0.1) is 0 Å². The molecule has 122 valence electrons. The minimum absolute atomic E-state index is 0.172. The average molecular weight is 315 g/mol. The number of rotatable bonds is 5. The maximum Gasteiger partial charge on any atom is 0.329 e. The second-order valence-corrected chi connectivity index (χ2v) is 4.84. The summed E-state index contributed by atoms with van der Waals surface area (Å²) in [5, 5.41) is 2.49. The Morgan fingerprint density at radius 1 is 1.39 bits per heavy atom. The summed E-state index contributed by atoms with van der Waals surface area (Å²) in [5.74, 6) is -0.172. The summed E-state index contributed by atoms with van der Waals surface area (Å²) in [7, 11) is 9.04. The average Bonchev–Trinajstić information content (AvgIpc) is 2.83. The number of imidazole rings is 1. The van der Waals surface area contributed by atoms with Crippen LogP contribution in [0.15, 0.2) is 23.0 Å². The molecule has 0 aliphatic carbocycles. The van der Waals surface area contributed by atoms with Crippen LogP contribution in [0.5, 0.6) is 0 Å². The van der Waals surface area contributed by atoms with Crippen molar-refractivity contribution in [1.29, 1.82) is 0 Å². The fourth-order valence-corrected chi connectivity index (χ4v) is 2.45. The number of benzene rings is 1. The van der Waals surface area contributed by atoms with Crippen molar-refractivity contribution in [2.45, 2.75) is 32.7 Å². The smallest absolute Gasteiger partial charge is 0.329 e. The molecule has 0 saturated heterocycles. The van der Waals surface area contributed by atoms with E-state index in [0.29, 0.717) is 22.8 Å². The van der Waals surface area contributed by atoms with Crippen LogP contribution in [0.25, 0.3) is 11.0 Å². The normalized spacial score (nSPS) is 11.5. The molecule has 1 aromatic carbocycles. The van der Waals surface area contributed by atoms with E-state index >= 15 is 0 Å². The molecular weight excluding hydrogens is 293 g/mol. The minimum atomic E-state index is -0.694. The van der Waals surface area contributed by atoms with E-state index in [9.17, 15) is 14.4 Å². The number of nitrogens with zero attached hydrogens (tertiary/aromatic N) is 2. The number of carbonyl (C=O) groups excluding carboxylic acids is 2. The molecule has 1 unspecified atom stereocenters. The zero-order chi connectivity index (χ0) is 17.6. The molecule has 0 fully saturated rings. The third-order valence-electron chi connectivity index (χ3n) is 3.57. The lowest BCUT2D eigenvalue weighted by Gasteiger charge is -2.12. The van der Waals surface area contributed by atoms with E-state index in [1.807, 2.05) is 13.8 Å². The Bertz CT molecular complexity index is 749. The number of hydrogen-bond acceptors (Lipinski definition) is 3. The Hall–Kier alpha value is -2.31. The molecule has 0 aliphatic rings. The van der Waals surface area contributed by atoms with E-state index in [1.165, 1.54) is 16.2 Å². The Labute approximate surface area is 136 Å². The fraction of sp³-hybridized carbons (Fsp3) is 0.438. The topological polar surface area (TPSA) is 73.1 Å². The van der Waals surface area contributed by atoms with Crippen LogP contribution in [0.2, 0.25) is 0 Å². The van der Waals surface area contributed by atoms with Crippen molar-refractivity contribution in [1.82, 2.24) is 14.5 Å². The molecule has 0 saturated carbocycles. The van der Waals surface area contributed by atoms with Gasteiger partial charge in [-0.3, -0.25) is 13.9 Å². The Balaban J connectivity index is 0.00000127. The van der Waals surface area contributed by atoms with Crippen LogP contribution in [-0.2, 0) is 16.6 Å². The Kier molecular flexibility index (Phi) is 6.81. The first-order valence-corrected chi connectivity index (χ1v) is 7.62. The van der Waals surface area contributed by atoms with Gasteiger partial charge >= 0.3 is 5.69 Å². The summed E-state index contributed by atoms with van der Waals surface area (Å²) in [6.07, 6.45) is 1.12. The van der Waals surface area contributed by atoms with E-state index < -0.39 is 6.04 Å². The highest BCUT2D eigenvalue weighted by Crippen LogP contribution is 2.17. The van der Waals surface area contributed by atoms with E-state index in [1.54, 1.807) is 25.2 Å². The standard InChI is InChI=1S/C14H16BN3O3.C2H6/c1-16-12(20)7-6-9(8-19)18-11-5-3-4-10(15)13(11)17(2)14(18)21;1-2/h3-5,8-9H,6-7H2,1-2H3,(H,16,20);1-2H3. The summed E-state index contributed by atoms with van der Waals surface area (Å²) in [4.78, 5) is 35.1. The summed E-state index contributed by atoms with van der Waals surface area (Å²) in [5.41, 5.74) is 1.34. The number of aldehydes is 1. The lowest BCUT2D eigenvalue weighted by atomic mass is 9.94. The molecule has 2 aromatic rings. The summed E-state index contributed by atoms with van der Waals surface area (Å²) in [6.45, 7) is 4.00. The zero-order valence-corrected chi connectivity index (χ0v) is 14.0. The molecule has 23 heavy (non-hydrogen) atoms. The number of hydrogen-bond donors (Lipinski definition) is 1. The summed E-state index contributed by atoms with van der Waals surface area (Å²) < 4.78 is 2.81. The van der Waals surface area contributed by atoms with Crippen LogP contribution in [0.3, 0.4) is 0 Å². The first-order chi connectivity index (χ1) is 11.0. The summed E-state index contributed by atoms with van der Waals surface area (Å²) >= 11 is 0. The van der Waals surface area contributed by atoms with Gasteiger partial charge in [0.25, 0.3) is 0 Å². The van der Waals surface area contributed by atoms with Crippen LogP contribution in [-0.4, -0.2) is 36.2 Å². The monoisotopic (exact) mass is 315 g/mol. The highest BCUT2D eigenvalue weighted by molar-refractivity contribution is 6.38. The molecule has 7 heteroatoms. The molecule has 1 heterocycles. The van der Waals surface area contributed by atoms with Crippen LogP contribution in [0.1, 0.15) is 32.7 Å². The van der Waals surface area contributed by atoms with Gasteiger partial charge in [-0.05, 0) is 12.5 Å². The van der Waals surface area contributed by atoms with Crippen LogP contribution in [0.4, 0.5) is 0 Å². The first kappa shape index (κ1) is 18.7. The maximum absolute atomic E-state index is 12.4. The van der Waals surface area contributed by atoms with Gasteiger partial charge < -0.3 is 10.1 Å². The predicted octanol–water partition coefficient (Wildman–Crippen LogP) is 0.426. The highest BCUT2D eigenvalue weighted by Gasteiger charge is 2.20. The van der Waals surface area contributed by atoms with Crippen molar-refractivity contribution in [3.63, 3.8) is 0 Å². The predicted molar refractivity (Wildman–Crippen MR) is 92.3 cm³/mol. The van der Waals surface area contributed by atoms with Crippen molar-refractivity contribution >= 4 is 36.5 Å². The molecule has 6 nitrogen and oxygen atoms in total.